The van der Waals surface area contributed by atoms with Crippen molar-refractivity contribution in [2.24, 2.45) is 0 Å². The van der Waals surface area contributed by atoms with Crippen LogP contribution in [-0.4, -0.2) is 37.6 Å². The number of nitrogens with zero attached hydrogens (tertiary/aromatic N) is 3. The first kappa shape index (κ1) is 12.9. The van der Waals surface area contributed by atoms with E-state index in [1.807, 2.05) is 0 Å². The van der Waals surface area contributed by atoms with Gasteiger partial charge in [0.25, 0.3) is 0 Å². The Kier molecular flexibility index (Phi) is 4.22. The summed E-state index contributed by atoms with van der Waals surface area (Å²) < 4.78 is 0. The highest BCUT2D eigenvalue weighted by atomic mass is 15.3. The Morgan fingerprint density at radius 2 is 1.72 bits per heavy atom. The Balaban J connectivity index is 2.00. The molecule has 0 saturated carbocycles. The molecule has 1 fully saturated rings. The van der Waals surface area contributed by atoms with Crippen molar-refractivity contribution in [3.8, 4) is 6.07 Å². The van der Waals surface area contributed by atoms with Crippen molar-refractivity contribution in [3.05, 3.63) is 29.3 Å². The predicted octanol–water partition coefficient (Wildman–Crippen LogP) is 2.34. The van der Waals surface area contributed by atoms with E-state index >= 15 is 0 Å². The van der Waals surface area contributed by atoms with E-state index in [4.69, 9.17) is 5.26 Å². The average molecular weight is 243 g/mol. The average Bonchev–Trinajstić information content (AvgIpc) is 2.37. The fourth-order valence-corrected chi connectivity index (χ4v) is 2.71. The van der Waals surface area contributed by atoms with Gasteiger partial charge < -0.3 is 4.90 Å². The lowest BCUT2D eigenvalue weighted by molar-refractivity contribution is 0.263. The number of aryl methyl sites for hydroxylation is 2. The molecule has 1 aliphatic heterocycles. The van der Waals surface area contributed by atoms with Crippen molar-refractivity contribution in [1.82, 2.24) is 4.90 Å². The van der Waals surface area contributed by atoms with Gasteiger partial charge in [0.05, 0.1) is 6.07 Å². The molecule has 0 bridgehead atoms. The SMILES string of the molecule is Cc1cccc(C)c1N1CCN(CCC#N)CC1. The second kappa shape index (κ2) is 5.88. The summed E-state index contributed by atoms with van der Waals surface area (Å²) in [5, 5.41) is 8.61. The van der Waals surface area contributed by atoms with Crippen LogP contribution in [0, 0.1) is 25.2 Å². The molecule has 96 valence electrons. The van der Waals surface area contributed by atoms with Gasteiger partial charge in [0.2, 0.25) is 0 Å². The second-order valence-corrected chi connectivity index (χ2v) is 4.98. The zero-order valence-corrected chi connectivity index (χ0v) is 11.3. The molecule has 0 amide bonds. The zero-order chi connectivity index (χ0) is 13.0. The minimum atomic E-state index is 0.642. The van der Waals surface area contributed by atoms with E-state index in [2.05, 4.69) is 47.9 Å². The molecule has 1 heterocycles. The first-order valence-corrected chi connectivity index (χ1v) is 6.63. The van der Waals surface area contributed by atoms with Gasteiger partial charge in [0, 0.05) is 44.8 Å². The number of rotatable bonds is 3. The molecule has 0 radical (unpaired) electrons. The summed E-state index contributed by atoms with van der Waals surface area (Å²) in [7, 11) is 0. The molecule has 0 aromatic heterocycles. The Bertz CT molecular complexity index is 419. The maximum atomic E-state index is 8.61. The lowest BCUT2D eigenvalue weighted by Crippen LogP contribution is -2.47. The van der Waals surface area contributed by atoms with Crippen molar-refractivity contribution in [2.45, 2.75) is 20.3 Å². The summed E-state index contributed by atoms with van der Waals surface area (Å²) in [4.78, 5) is 4.86. The number of hydrogen-bond acceptors (Lipinski definition) is 3. The van der Waals surface area contributed by atoms with Crippen LogP contribution in [0.15, 0.2) is 18.2 Å². The number of benzene rings is 1. The third kappa shape index (κ3) is 2.83. The first-order chi connectivity index (χ1) is 8.72. The van der Waals surface area contributed by atoms with Crippen LogP contribution >= 0.6 is 0 Å². The third-order valence-corrected chi connectivity index (χ3v) is 3.67. The maximum absolute atomic E-state index is 8.61. The molecule has 1 aromatic rings. The van der Waals surface area contributed by atoms with Crippen LogP contribution in [0.3, 0.4) is 0 Å². The summed E-state index contributed by atoms with van der Waals surface area (Å²) in [6.07, 6.45) is 0.642. The molecule has 0 unspecified atom stereocenters. The van der Waals surface area contributed by atoms with E-state index in [-0.39, 0.29) is 0 Å². The van der Waals surface area contributed by atoms with Gasteiger partial charge in [-0.25, -0.2) is 0 Å². The normalized spacial score (nSPS) is 16.6. The number of para-hydroxylation sites is 1. The van der Waals surface area contributed by atoms with Gasteiger partial charge in [-0.2, -0.15) is 5.26 Å². The third-order valence-electron chi connectivity index (χ3n) is 3.67. The predicted molar refractivity (Wildman–Crippen MR) is 74.8 cm³/mol. The summed E-state index contributed by atoms with van der Waals surface area (Å²) in [6.45, 7) is 9.55. The molecule has 2 rings (SSSR count). The molecule has 0 spiro atoms. The second-order valence-electron chi connectivity index (χ2n) is 4.98. The van der Waals surface area contributed by atoms with Gasteiger partial charge in [-0.3, -0.25) is 4.90 Å². The van der Waals surface area contributed by atoms with Crippen LogP contribution in [0.2, 0.25) is 0 Å². The maximum Gasteiger partial charge on any atom is 0.0635 e. The highest BCUT2D eigenvalue weighted by molar-refractivity contribution is 5.59. The zero-order valence-electron chi connectivity index (χ0n) is 11.3. The largest absolute Gasteiger partial charge is 0.369 e. The van der Waals surface area contributed by atoms with E-state index in [0.717, 1.165) is 32.7 Å². The van der Waals surface area contributed by atoms with E-state index < -0.39 is 0 Å². The van der Waals surface area contributed by atoms with Gasteiger partial charge in [0.15, 0.2) is 0 Å². The van der Waals surface area contributed by atoms with Crippen molar-refractivity contribution >= 4 is 5.69 Å². The first-order valence-electron chi connectivity index (χ1n) is 6.63. The van der Waals surface area contributed by atoms with E-state index in [1.165, 1.54) is 16.8 Å². The fourth-order valence-electron chi connectivity index (χ4n) is 2.71. The standard InChI is InChI=1S/C15H21N3/c1-13-5-3-6-14(2)15(13)18-11-9-17(10-12-18)8-4-7-16/h3,5-6H,4,8-12H2,1-2H3. The molecular formula is C15H21N3. The van der Waals surface area contributed by atoms with Gasteiger partial charge in [0.1, 0.15) is 0 Å². The highest BCUT2D eigenvalue weighted by Gasteiger charge is 2.18. The minimum absolute atomic E-state index is 0.642. The van der Waals surface area contributed by atoms with Crippen molar-refractivity contribution in [3.63, 3.8) is 0 Å². The molecule has 18 heavy (non-hydrogen) atoms. The molecule has 1 saturated heterocycles. The van der Waals surface area contributed by atoms with Crippen LogP contribution in [0.1, 0.15) is 17.5 Å². The Morgan fingerprint density at radius 1 is 1.11 bits per heavy atom. The minimum Gasteiger partial charge on any atom is -0.369 e. The quantitative estimate of drug-likeness (QED) is 0.816. The molecule has 0 aliphatic carbocycles. The molecule has 3 nitrogen and oxygen atoms in total. The fraction of sp³-hybridized carbons (Fsp3) is 0.533. The lowest BCUT2D eigenvalue weighted by Gasteiger charge is -2.37. The molecule has 1 aliphatic rings. The lowest BCUT2D eigenvalue weighted by atomic mass is 10.1. The number of piperazine rings is 1. The van der Waals surface area contributed by atoms with E-state index in [1.54, 1.807) is 0 Å². The molecule has 1 aromatic carbocycles. The molecule has 0 N–H and O–H groups in total. The van der Waals surface area contributed by atoms with Gasteiger partial charge in [-0.05, 0) is 25.0 Å². The van der Waals surface area contributed by atoms with Gasteiger partial charge in [-0.15, -0.1) is 0 Å². The van der Waals surface area contributed by atoms with Crippen molar-refractivity contribution in [2.75, 3.05) is 37.6 Å². The summed E-state index contributed by atoms with van der Waals surface area (Å²) in [5.74, 6) is 0. The van der Waals surface area contributed by atoms with E-state index in [9.17, 15) is 0 Å². The van der Waals surface area contributed by atoms with Crippen LogP contribution < -0.4 is 4.90 Å². The van der Waals surface area contributed by atoms with Gasteiger partial charge in [-0.1, -0.05) is 18.2 Å². The smallest absolute Gasteiger partial charge is 0.0635 e. The van der Waals surface area contributed by atoms with Crippen LogP contribution in [0.4, 0.5) is 5.69 Å². The van der Waals surface area contributed by atoms with Crippen molar-refractivity contribution < 1.29 is 0 Å². The summed E-state index contributed by atoms with van der Waals surface area (Å²) in [5.41, 5.74) is 4.12. The Hall–Kier alpha value is -1.53. The number of nitriles is 1. The highest BCUT2D eigenvalue weighted by Crippen LogP contribution is 2.25. The van der Waals surface area contributed by atoms with Crippen molar-refractivity contribution in [1.29, 1.82) is 5.26 Å². The van der Waals surface area contributed by atoms with Crippen LogP contribution in [0.5, 0.6) is 0 Å². The van der Waals surface area contributed by atoms with Crippen LogP contribution in [0.25, 0.3) is 0 Å². The number of anilines is 1. The summed E-state index contributed by atoms with van der Waals surface area (Å²) in [6, 6.07) is 8.71. The van der Waals surface area contributed by atoms with E-state index in [0.29, 0.717) is 6.42 Å². The van der Waals surface area contributed by atoms with Crippen LogP contribution in [-0.2, 0) is 0 Å². The summed E-state index contributed by atoms with van der Waals surface area (Å²) >= 11 is 0. The molecule has 3 heteroatoms. The topological polar surface area (TPSA) is 30.3 Å². The monoisotopic (exact) mass is 243 g/mol. The van der Waals surface area contributed by atoms with Gasteiger partial charge >= 0.3 is 0 Å². The Morgan fingerprint density at radius 3 is 2.28 bits per heavy atom. The Labute approximate surface area is 110 Å². The number of hydrogen-bond donors (Lipinski definition) is 0. The molecule has 0 atom stereocenters. The molecular weight excluding hydrogens is 222 g/mol.